The molecule has 0 aliphatic carbocycles. The molecule has 3 heterocycles. The Morgan fingerprint density at radius 1 is 1.09 bits per heavy atom. The molecule has 3 aromatic rings. The third-order valence-electron chi connectivity index (χ3n) is 6.02. The van der Waals surface area contributed by atoms with Crippen LogP contribution in [0.2, 0.25) is 0 Å². The SMILES string of the molecule is CO[C@H](C)[C@H]1C(=O)N(C)c2cnc(CCc3cnn(Cc4cc(F)c(F)c(F)c4)c3)nc2N1C. The van der Waals surface area contributed by atoms with Gasteiger partial charge in [-0.1, -0.05) is 0 Å². The third kappa shape index (κ3) is 4.47. The number of amides is 1. The largest absolute Gasteiger partial charge is 0.379 e. The minimum Gasteiger partial charge on any atom is -0.379 e. The van der Waals surface area contributed by atoms with Gasteiger partial charge in [-0.05, 0) is 36.6 Å². The molecule has 180 valence electrons. The van der Waals surface area contributed by atoms with E-state index >= 15 is 0 Å². The summed E-state index contributed by atoms with van der Waals surface area (Å²) in [4.78, 5) is 25.2. The summed E-state index contributed by atoms with van der Waals surface area (Å²) in [5.41, 5.74) is 1.78. The molecule has 2 aromatic heterocycles. The van der Waals surface area contributed by atoms with E-state index in [-0.39, 0.29) is 24.1 Å². The predicted octanol–water partition coefficient (Wildman–Crippen LogP) is 2.74. The highest BCUT2D eigenvalue weighted by Gasteiger charge is 2.39. The fraction of sp³-hybridized carbons (Fsp3) is 0.391. The van der Waals surface area contributed by atoms with Crippen LogP contribution < -0.4 is 9.80 Å². The molecule has 8 nitrogen and oxygen atoms in total. The Morgan fingerprint density at radius 2 is 1.79 bits per heavy atom. The number of ether oxygens (including phenoxy) is 1. The average molecular weight is 474 g/mol. The van der Waals surface area contributed by atoms with Crippen LogP contribution >= 0.6 is 0 Å². The fourth-order valence-corrected chi connectivity index (χ4v) is 4.04. The molecule has 11 heteroatoms. The lowest BCUT2D eigenvalue weighted by Gasteiger charge is -2.40. The van der Waals surface area contributed by atoms with Crippen molar-refractivity contribution in [1.29, 1.82) is 0 Å². The van der Waals surface area contributed by atoms with Gasteiger partial charge in [-0.25, -0.2) is 23.1 Å². The minimum atomic E-state index is -1.49. The molecule has 0 fully saturated rings. The van der Waals surface area contributed by atoms with Crippen LogP contribution in [-0.4, -0.2) is 59.0 Å². The van der Waals surface area contributed by atoms with Gasteiger partial charge in [0, 0.05) is 33.8 Å². The van der Waals surface area contributed by atoms with Crippen LogP contribution in [-0.2, 0) is 28.9 Å². The summed E-state index contributed by atoms with van der Waals surface area (Å²) in [5, 5.41) is 4.22. The quantitative estimate of drug-likeness (QED) is 0.490. The van der Waals surface area contributed by atoms with E-state index in [1.165, 1.54) is 4.68 Å². The van der Waals surface area contributed by atoms with Crippen molar-refractivity contribution < 1.29 is 22.7 Å². The number of carbonyl (C=O) groups is 1. The molecule has 1 aliphatic rings. The van der Waals surface area contributed by atoms with Crippen molar-refractivity contribution in [2.75, 3.05) is 31.0 Å². The van der Waals surface area contributed by atoms with Gasteiger partial charge in [0.1, 0.15) is 17.6 Å². The number of likely N-dealkylation sites (N-methyl/N-ethyl adjacent to an activating group) is 2. The molecule has 0 saturated carbocycles. The highest BCUT2D eigenvalue weighted by atomic mass is 19.2. The number of methoxy groups -OCH3 is 1. The lowest BCUT2D eigenvalue weighted by molar-refractivity contribution is -0.122. The highest BCUT2D eigenvalue weighted by Crippen LogP contribution is 2.33. The van der Waals surface area contributed by atoms with Crippen molar-refractivity contribution in [1.82, 2.24) is 19.7 Å². The van der Waals surface area contributed by atoms with E-state index in [2.05, 4.69) is 15.1 Å². The Hall–Kier alpha value is -3.47. The zero-order chi connectivity index (χ0) is 24.6. The van der Waals surface area contributed by atoms with Crippen molar-refractivity contribution in [3.05, 3.63) is 65.1 Å². The van der Waals surface area contributed by atoms with E-state index in [0.717, 1.165) is 17.7 Å². The van der Waals surface area contributed by atoms with Gasteiger partial charge in [0.05, 0.1) is 25.0 Å². The molecule has 0 spiro atoms. The average Bonchev–Trinajstić information content (AvgIpc) is 3.26. The zero-order valence-electron chi connectivity index (χ0n) is 19.3. The van der Waals surface area contributed by atoms with Crippen LogP contribution in [0.5, 0.6) is 0 Å². The molecule has 0 radical (unpaired) electrons. The molecule has 34 heavy (non-hydrogen) atoms. The van der Waals surface area contributed by atoms with E-state index in [0.29, 0.717) is 30.2 Å². The summed E-state index contributed by atoms with van der Waals surface area (Å²) in [6, 6.07) is 1.41. The van der Waals surface area contributed by atoms with Gasteiger partial charge in [0.2, 0.25) is 0 Å². The molecule has 4 rings (SSSR count). The molecule has 1 aromatic carbocycles. The number of anilines is 2. The number of aromatic nitrogens is 4. The Bertz CT molecular complexity index is 1190. The molecular formula is C23H25F3N6O2. The maximum absolute atomic E-state index is 13.4. The first-order chi connectivity index (χ1) is 16.2. The van der Waals surface area contributed by atoms with Crippen molar-refractivity contribution >= 4 is 17.4 Å². The second kappa shape index (κ2) is 9.41. The lowest BCUT2D eigenvalue weighted by Crippen LogP contribution is -2.56. The Balaban J connectivity index is 1.46. The van der Waals surface area contributed by atoms with Gasteiger partial charge in [0.15, 0.2) is 23.3 Å². The third-order valence-corrected chi connectivity index (χ3v) is 6.02. The van der Waals surface area contributed by atoms with Crippen LogP contribution in [0.25, 0.3) is 0 Å². The highest BCUT2D eigenvalue weighted by molar-refractivity contribution is 6.04. The summed E-state index contributed by atoms with van der Waals surface area (Å²) in [6.45, 7) is 1.94. The summed E-state index contributed by atoms with van der Waals surface area (Å²) in [6.07, 6.45) is 5.84. The maximum Gasteiger partial charge on any atom is 0.252 e. The Morgan fingerprint density at radius 3 is 2.47 bits per heavy atom. The summed E-state index contributed by atoms with van der Waals surface area (Å²) in [7, 11) is 5.07. The number of rotatable bonds is 7. The molecule has 0 N–H and O–H groups in total. The standard InChI is InChI=1S/C23H25F3N6O2/c1-13(34-4)21-23(33)30(2)18-10-27-19(29-22(18)31(21)3)6-5-14-9-28-32(11-14)12-15-7-16(24)20(26)17(25)8-15/h7-11,13,21H,5-6,12H2,1-4H3/t13-,21+/m1/s1. The van der Waals surface area contributed by atoms with Gasteiger partial charge in [0.25, 0.3) is 5.91 Å². The first kappa shape index (κ1) is 23.7. The van der Waals surface area contributed by atoms with E-state index in [1.807, 2.05) is 18.9 Å². The minimum absolute atomic E-state index is 0.0889. The normalized spacial score (nSPS) is 16.7. The number of benzene rings is 1. The van der Waals surface area contributed by atoms with Crippen LogP contribution in [0.15, 0.2) is 30.7 Å². The van der Waals surface area contributed by atoms with Gasteiger partial charge in [-0.3, -0.25) is 9.48 Å². The number of hydrogen-bond acceptors (Lipinski definition) is 6. The number of nitrogens with zero attached hydrogens (tertiary/aromatic N) is 6. The van der Waals surface area contributed by atoms with Gasteiger partial charge in [-0.15, -0.1) is 0 Å². The van der Waals surface area contributed by atoms with Crippen molar-refractivity contribution in [3.63, 3.8) is 0 Å². The van der Waals surface area contributed by atoms with Crippen molar-refractivity contribution in [3.8, 4) is 0 Å². The van der Waals surface area contributed by atoms with Crippen LogP contribution in [0, 0.1) is 17.5 Å². The van der Waals surface area contributed by atoms with Gasteiger partial charge < -0.3 is 14.5 Å². The smallest absolute Gasteiger partial charge is 0.252 e. The Kier molecular flexibility index (Phi) is 6.56. The number of aryl methyl sites for hydroxylation is 2. The molecule has 0 saturated heterocycles. The first-order valence-corrected chi connectivity index (χ1v) is 10.7. The van der Waals surface area contributed by atoms with Crippen LogP contribution in [0.1, 0.15) is 23.9 Å². The number of halogens is 3. The van der Waals surface area contributed by atoms with Crippen molar-refractivity contribution in [2.45, 2.75) is 38.5 Å². The summed E-state index contributed by atoms with van der Waals surface area (Å²) < 4.78 is 47.0. The second-order valence-corrected chi connectivity index (χ2v) is 8.31. The molecule has 2 atom stereocenters. The molecule has 0 bridgehead atoms. The van der Waals surface area contributed by atoms with Crippen LogP contribution in [0.3, 0.4) is 0 Å². The van der Waals surface area contributed by atoms with Crippen LogP contribution in [0.4, 0.5) is 24.7 Å². The number of carbonyl (C=O) groups excluding carboxylic acids is 1. The number of fused-ring (bicyclic) bond motifs is 1. The second-order valence-electron chi connectivity index (χ2n) is 8.31. The van der Waals surface area contributed by atoms with Gasteiger partial charge in [-0.2, -0.15) is 5.10 Å². The number of hydrogen-bond donors (Lipinski definition) is 0. The fourth-order valence-electron chi connectivity index (χ4n) is 4.04. The first-order valence-electron chi connectivity index (χ1n) is 10.7. The lowest BCUT2D eigenvalue weighted by atomic mass is 10.1. The van der Waals surface area contributed by atoms with Crippen molar-refractivity contribution in [2.24, 2.45) is 0 Å². The predicted molar refractivity (Wildman–Crippen MR) is 119 cm³/mol. The molecule has 0 unspecified atom stereocenters. The molecule has 1 amide bonds. The van der Waals surface area contributed by atoms with Gasteiger partial charge >= 0.3 is 0 Å². The molecular weight excluding hydrogens is 449 g/mol. The maximum atomic E-state index is 13.4. The summed E-state index contributed by atoms with van der Waals surface area (Å²) >= 11 is 0. The topological polar surface area (TPSA) is 76.4 Å². The van der Waals surface area contributed by atoms with E-state index in [9.17, 15) is 18.0 Å². The van der Waals surface area contributed by atoms with E-state index in [4.69, 9.17) is 4.74 Å². The molecule has 1 aliphatic heterocycles. The van der Waals surface area contributed by atoms with E-state index < -0.39 is 23.5 Å². The van der Waals surface area contributed by atoms with E-state index in [1.54, 1.807) is 37.6 Å². The Labute approximate surface area is 195 Å². The summed E-state index contributed by atoms with van der Waals surface area (Å²) in [5.74, 6) is -2.78. The zero-order valence-corrected chi connectivity index (χ0v) is 19.3. The monoisotopic (exact) mass is 474 g/mol.